The van der Waals surface area contributed by atoms with Crippen molar-refractivity contribution in [2.75, 3.05) is 0 Å². The van der Waals surface area contributed by atoms with Gasteiger partial charge in [-0.15, -0.1) is 0 Å². The zero-order valence-electron chi connectivity index (χ0n) is 8.75. The molecule has 3 nitrogen and oxygen atoms in total. The molecule has 1 rings (SSSR count). The predicted molar refractivity (Wildman–Crippen MR) is 54.3 cm³/mol. The summed E-state index contributed by atoms with van der Waals surface area (Å²) in [6.07, 6.45) is 1.08. The van der Waals surface area contributed by atoms with Crippen LogP contribution in [-0.2, 0) is 19.5 Å². The molecule has 0 aromatic carbocycles. The Labute approximate surface area is 79.9 Å². The van der Waals surface area contributed by atoms with E-state index in [0.29, 0.717) is 12.5 Å². The molecule has 1 aromatic heterocycles. The normalized spacial score (nSPS) is 11.2. The molecule has 0 atom stereocenters. The van der Waals surface area contributed by atoms with E-state index in [4.69, 9.17) is 5.73 Å². The number of hydrogen-bond acceptors (Lipinski definition) is 2. The summed E-state index contributed by atoms with van der Waals surface area (Å²) in [4.78, 5) is 0. The second kappa shape index (κ2) is 4.42. The standard InChI is InChI=1S/C10H19N3/c1-4-13-10(5-8(2)3)6-9(7-11)12-13/h6,8H,4-5,7,11H2,1-3H3. The Morgan fingerprint density at radius 2 is 2.23 bits per heavy atom. The zero-order chi connectivity index (χ0) is 9.84. The van der Waals surface area contributed by atoms with Crippen molar-refractivity contribution >= 4 is 0 Å². The van der Waals surface area contributed by atoms with Crippen molar-refractivity contribution in [2.45, 2.75) is 40.3 Å². The Morgan fingerprint density at radius 3 is 2.69 bits per heavy atom. The molecule has 0 aliphatic rings. The zero-order valence-corrected chi connectivity index (χ0v) is 8.75. The Morgan fingerprint density at radius 1 is 1.54 bits per heavy atom. The van der Waals surface area contributed by atoms with Gasteiger partial charge in [0.25, 0.3) is 0 Å². The van der Waals surface area contributed by atoms with Gasteiger partial charge in [0.2, 0.25) is 0 Å². The summed E-state index contributed by atoms with van der Waals surface area (Å²) in [7, 11) is 0. The number of nitrogens with zero attached hydrogens (tertiary/aromatic N) is 2. The van der Waals surface area contributed by atoms with Crippen molar-refractivity contribution < 1.29 is 0 Å². The third-order valence-corrected chi connectivity index (χ3v) is 2.04. The second-order valence-corrected chi connectivity index (χ2v) is 3.74. The first kappa shape index (κ1) is 10.3. The van der Waals surface area contributed by atoms with Gasteiger partial charge in [-0.05, 0) is 25.3 Å². The molecule has 0 amide bonds. The molecule has 0 spiro atoms. The summed E-state index contributed by atoms with van der Waals surface area (Å²) in [6, 6.07) is 2.11. The van der Waals surface area contributed by atoms with Gasteiger partial charge in [0.15, 0.2) is 0 Å². The molecule has 0 saturated carbocycles. The van der Waals surface area contributed by atoms with Gasteiger partial charge in [0.1, 0.15) is 0 Å². The molecular weight excluding hydrogens is 162 g/mol. The molecule has 0 radical (unpaired) electrons. The van der Waals surface area contributed by atoms with Gasteiger partial charge in [-0.3, -0.25) is 4.68 Å². The van der Waals surface area contributed by atoms with Crippen molar-refractivity contribution in [2.24, 2.45) is 11.7 Å². The Balaban J connectivity index is 2.84. The van der Waals surface area contributed by atoms with Crippen molar-refractivity contribution in [1.82, 2.24) is 9.78 Å². The average molecular weight is 181 g/mol. The third-order valence-electron chi connectivity index (χ3n) is 2.04. The van der Waals surface area contributed by atoms with Gasteiger partial charge >= 0.3 is 0 Å². The van der Waals surface area contributed by atoms with Crippen molar-refractivity contribution in [1.29, 1.82) is 0 Å². The minimum Gasteiger partial charge on any atom is -0.325 e. The van der Waals surface area contributed by atoms with E-state index >= 15 is 0 Å². The number of rotatable bonds is 4. The van der Waals surface area contributed by atoms with Crippen LogP contribution in [0.5, 0.6) is 0 Å². The Bertz CT molecular complexity index is 263. The molecule has 0 aliphatic heterocycles. The third kappa shape index (κ3) is 2.56. The van der Waals surface area contributed by atoms with Gasteiger partial charge in [-0.25, -0.2) is 0 Å². The average Bonchev–Trinajstić information content (AvgIpc) is 2.46. The lowest BCUT2D eigenvalue weighted by atomic mass is 10.1. The summed E-state index contributed by atoms with van der Waals surface area (Å²) in [5.41, 5.74) is 7.84. The minimum absolute atomic E-state index is 0.540. The summed E-state index contributed by atoms with van der Waals surface area (Å²) in [5, 5.41) is 4.39. The van der Waals surface area contributed by atoms with Crippen LogP contribution in [0.2, 0.25) is 0 Å². The fourth-order valence-electron chi connectivity index (χ4n) is 1.47. The van der Waals surface area contributed by atoms with Crippen LogP contribution in [0.25, 0.3) is 0 Å². The van der Waals surface area contributed by atoms with E-state index < -0.39 is 0 Å². The minimum atomic E-state index is 0.540. The highest BCUT2D eigenvalue weighted by Gasteiger charge is 2.06. The summed E-state index contributed by atoms with van der Waals surface area (Å²) in [5.74, 6) is 0.674. The Kier molecular flexibility index (Phi) is 3.48. The molecule has 1 aromatic rings. The second-order valence-electron chi connectivity index (χ2n) is 3.74. The lowest BCUT2D eigenvalue weighted by Gasteiger charge is -2.06. The molecule has 2 N–H and O–H groups in total. The van der Waals surface area contributed by atoms with Gasteiger partial charge in [0.05, 0.1) is 5.69 Å². The summed E-state index contributed by atoms with van der Waals surface area (Å²) >= 11 is 0. The first-order valence-electron chi connectivity index (χ1n) is 4.93. The van der Waals surface area contributed by atoms with Crippen LogP contribution >= 0.6 is 0 Å². The van der Waals surface area contributed by atoms with Gasteiger partial charge in [-0.1, -0.05) is 13.8 Å². The van der Waals surface area contributed by atoms with Crippen molar-refractivity contribution in [3.05, 3.63) is 17.5 Å². The molecule has 0 bridgehead atoms. The molecule has 13 heavy (non-hydrogen) atoms. The number of aromatic nitrogens is 2. The maximum Gasteiger partial charge on any atom is 0.0763 e. The van der Waals surface area contributed by atoms with Crippen LogP contribution in [0.4, 0.5) is 0 Å². The maximum absolute atomic E-state index is 5.54. The summed E-state index contributed by atoms with van der Waals surface area (Å²) < 4.78 is 2.04. The molecule has 0 fully saturated rings. The van der Waals surface area contributed by atoms with Crippen LogP contribution in [0.1, 0.15) is 32.2 Å². The van der Waals surface area contributed by atoms with Gasteiger partial charge in [-0.2, -0.15) is 5.10 Å². The molecule has 0 saturated heterocycles. The lowest BCUT2D eigenvalue weighted by Crippen LogP contribution is -2.06. The fraction of sp³-hybridized carbons (Fsp3) is 0.700. The quantitative estimate of drug-likeness (QED) is 0.766. The summed E-state index contributed by atoms with van der Waals surface area (Å²) in [6.45, 7) is 8.02. The fourth-order valence-corrected chi connectivity index (χ4v) is 1.47. The van der Waals surface area contributed by atoms with Crippen molar-refractivity contribution in [3.8, 4) is 0 Å². The largest absolute Gasteiger partial charge is 0.325 e. The molecule has 0 aliphatic carbocycles. The highest BCUT2D eigenvalue weighted by Crippen LogP contribution is 2.10. The Hall–Kier alpha value is -0.830. The van der Waals surface area contributed by atoms with Gasteiger partial charge < -0.3 is 5.73 Å². The van der Waals surface area contributed by atoms with Crippen molar-refractivity contribution in [3.63, 3.8) is 0 Å². The molecule has 3 heteroatoms. The molecule has 74 valence electrons. The number of nitrogens with two attached hydrogens (primary N) is 1. The molecule has 1 heterocycles. The topological polar surface area (TPSA) is 43.8 Å². The smallest absolute Gasteiger partial charge is 0.0763 e. The van der Waals surface area contributed by atoms with Crippen LogP contribution in [-0.4, -0.2) is 9.78 Å². The van der Waals surface area contributed by atoms with E-state index in [-0.39, 0.29) is 0 Å². The van der Waals surface area contributed by atoms with Crippen LogP contribution < -0.4 is 5.73 Å². The van der Waals surface area contributed by atoms with Gasteiger partial charge in [0, 0.05) is 18.8 Å². The van der Waals surface area contributed by atoms with E-state index in [0.717, 1.165) is 18.7 Å². The maximum atomic E-state index is 5.54. The SMILES string of the molecule is CCn1nc(CN)cc1CC(C)C. The predicted octanol–water partition coefficient (Wildman–Crippen LogP) is 1.56. The van der Waals surface area contributed by atoms with E-state index in [9.17, 15) is 0 Å². The van der Waals surface area contributed by atoms with Crippen LogP contribution in [0, 0.1) is 5.92 Å². The van der Waals surface area contributed by atoms with Crippen LogP contribution in [0.3, 0.4) is 0 Å². The first-order valence-corrected chi connectivity index (χ1v) is 4.93. The molecule has 0 unspecified atom stereocenters. The van der Waals surface area contributed by atoms with E-state index in [2.05, 4.69) is 31.9 Å². The van der Waals surface area contributed by atoms with E-state index in [1.54, 1.807) is 0 Å². The highest BCUT2D eigenvalue weighted by atomic mass is 15.3. The highest BCUT2D eigenvalue weighted by molar-refractivity contribution is 5.10. The van der Waals surface area contributed by atoms with E-state index in [1.165, 1.54) is 5.69 Å². The van der Waals surface area contributed by atoms with Crippen LogP contribution in [0.15, 0.2) is 6.07 Å². The molecular formula is C10H19N3. The number of hydrogen-bond donors (Lipinski definition) is 1. The monoisotopic (exact) mass is 181 g/mol. The number of aryl methyl sites for hydroxylation is 1. The lowest BCUT2D eigenvalue weighted by molar-refractivity contribution is 0.560. The first-order chi connectivity index (χ1) is 6.17. The van der Waals surface area contributed by atoms with E-state index in [1.807, 2.05) is 4.68 Å².